The predicted molar refractivity (Wildman–Crippen MR) is 160 cm³/mol. The van der Waals surface area contributed by atoms with Gasteiger partial charge in [-0.15, -0.1) is 0 Å². The fraction of sp³-hybridized carbons (Fsp3) is 0.939. The highest BCUT2D eigenvalue weighted by molar-refractivity contribution is 6.74. The van der Waals surface area contributed by atoms with Crippen molar-refractivity contribution in [1.82, 2.24) is 0 Å². The number of hydrogen-bond acceptors (Lipinski definition) is 4. The molecule has 38 heavy (non-hydrogen) atoms. The van der Waals surface area contributed by atoms with Gasteiger partial charge < -0.3 is 9.16 Å². The Balaban J connectivity index is 1.75. The molecule has 0 aromatic heterocycles. The van der Waals surface area contributed by atoms with Gasteiger partial charge in [0.15, 0.2) is 8.32 Å². The zero-order valence-corrected chi connectivity index (χ0v) is 27.6. The van der Waals surface area contributed by atoms with Gasteiger partial charge in [0.05, 0.1) is 6.61 Å². The molecule has 0 aromatic carbocycles. The summed E-state index contributed by atoms with van der Waals surface area (Å²) in [5.41, 5.74) is -0.0470. The Labute approximate surface area is 235 Å². The van der Waals surface area contributed by atoms with Crippen LogP contribution in [0.25, 0.3) is 0 Å². The lowest BCUT2D eigenvalue weighted by Crippen LogP contribution is -2.57. The number of esters is 1. The maximum Gasteiger partial charge on any atom is 0.302 e. The molecule has 0 aromatic rings. The maximum atomic E-state index is 14.5. The number of ether oxygens (including phenoxy) is 1. The van der Waals surface area contributed by atoms with Crippen molar-refractivity contribution in [2.75, 3.05) is 6.61 Å². The Morgan fingerprint density at radius 2 is 1.76 bits per heavy atom. The van der Waals surface area contributed by atoms with Gasteiger partial charge in [-0.05, 0) is 98.6 Å². The van der Waals surface area contributed by atoms with E-state index in [1.54, 1.807) is 0 Å². The van der Waals surface area contributed by atoms with Crippen LogP contribution in [0.2, 0.25) is 18.1 Å². The Bertz CT molecular complexity index is 831. The van der Waals surface area contributed by atoms with Crippen molar-refractivity contribution in [1.29, 1.82) is 0 Å². The molecule has 0 N–H and O–H groups in total. The van der Waals surface area contributed by atoms with Crippen molar-refractivity contribution in [3.63, 3.8) is 0 Å². The normalized spacial score (nSPS) is 35.7. The minimum Gasteiger partial charge on any atom is -0.466 e. The number of unbranched alkanes of at least 4 members (excludes halogenated alkanes) is 1. The fourth-order valence-corrected chi connectivity index (χ4v) is 9.96. The Morgan fingerprint density at radius 1 is 1.08 bits per heavy atom. The predicted octanol–water partition coefficient (Wildman–Crippen LogP) is 8.97. The summed E-state index contributed by atoms with van der Waals surface area (Å²) in [4.78, 5) is 25.9. The zero-order valence-electron chi connectivity index (χ0n) is 26.6. The number of hydrogen-bond donors (Lipinski definition) is 0. The van der Waals surface area contributed by atoms with E-state index in [9.17, 15) is 9.59 Å². The first-order valence-corrected chi connectivity index (χ1v) is 18.8. The molecule has 0 radical (unpaired) electrons. The molecular weight excluding hydrogens is 488 g/mol. The molecule has 0 unspecified atom stereocenters. The Kier molecular flexibility index (Phi) is 10.1. The summed E-state index contributed by atoms with van der Waals surface area (Å²) in [6.07, 6.45) is 12.6. The van der Waals surface area contributed by atoms with Gasteiger partial charge in [-0.2, -0.15) is 0 Å². The van der Waals surface area contributed by atoms with E-state index < -0.39 is 8.32 Å². The second-order valence-electron chi connectivity index (χ2n) is 15.4. The number of ketones is 1. The molecule has 0 heterocycles. The summed E-state index contributed by atoms with van der Waals surface area (Å²) in [5, 5.41) is 0.242. The van der Waals surface area contributed by atoms with E-state index in [1.807, 2.05) is 0 Å². The molecule has 0 aliphatic heterocycles. The van der Waals surface area contributed by atoms with Gasteiger partial charge >= 0.3 is 5.97 Å². The Morgan fingerprint density at radius 3 is 2.37 bits per heavy atom. The summed E-state index contributed by atoms with van der Waals surface area (Å²) in [7, 11) is -1.77. The van der Waals surface area contributed by atoms with Crippen molar-refractivity contribution in [2.24, 2.45) is 40.4 Å². The van der Waals surface area contributed by atoms with E-state index in [2.05, 4.69) is 61.6 Å². The molecule has 0 saturated heterocycles. The van der Waals surface area contributed by atoms with Crippen LogP contribution in [-0.4, -0.2) is 32.8 Å². The highest BCUT2D eigenvalue weighted by Gasteiger charge is 2.59. The summed E-state index contributed by atoms with van der Waals surface area (Å²) < 4.78 is 12.3. The van der Waals surface area contributed by atoms with Gasteiger partial charge in [-0.3, -0.25) is 9.59 Å². The van der Waals surface area contributed by atoms with E-state index in [4.69, 9.17) is 9.16 Å². The highest BCUT2D eigenvalue weighted by Crippen LogP contribution is 2.62. The first kappa shape index (κ1) is 31.8. The van der Waals surface area contributed by atoms with Crippen LogP contribution in [-0.2, 0) is 18.8 Å². The molecule has 220 valence electrons. The van der Waals surface area contributed by atoms with Crippen molar-refractivity contribution < 1.29 is 18.8 Å². The lowest BCUT2D eigenvalue weighted by atomic mass is 9.45. The molecule has 3 aliphatic rings. The van der Waals surface area contributed by atoms with Gasteiger partial charge in [-0.25, -0.2) is 0 Å². The minimum absolute atomic E-state index is 0.197. The quantitative estimate of drug-likeness (QED) is 0.202. The maximum absolute atomic E-state index is 14.5. The van der Waals surface area contributed by atoms with E-state index in [0.717, 1.165) is 38.5 Å². The summed E-state index contributed by atoms with van der Waals surface area (Å²) >= 11 is 0. The summed E-state index contributed by atoms with van der Waals surface area (Å²) in [6.45, 7) is 23.1. The lowest BCUT2D eigenvalue weighted by molar-refractivity contribution is -0.159. The van der Waals surface area contributed by atoms with E-state index in [1.165, 1.54) is 39.0 Å². The average molecular weight is 549 g/mol. The van der Waals surface area contributed by atoms with Crippen molar-refractivity contribution in [2.45, 2.75) is 150 Å². The van der Waals surface area contributed by atoms with Gasteiger partial charge in [-0.1, -0.05) is 67.7 Å². The number of fused-ring (bicyclic) bond motifs is 3. The molecule has 3 rings (SSSR count). The zero-order chi connectivity index (χ0) is 28.5. The third-order valence-electron chi connectivity index (χ3n) is 12.0. The molecule has 3 fully saturated rings. The molecule has 0 bridgehead atoms. The SMILES string of the molecule is CCCC[C@@H](C)[C@@H](CCOC(C)=O)[C@@]1(C)CC[C@H]2[C@@H](CC[C@H]3C[C@@H](O[Si](C)(C)C(C)(C)C)CC[C@@]32C)C1=O. The third kappa shape index (κ3) is 6.45. The van der Waals surface area contributed by atoms with Crippen LogP contribution in [0.5, 0.6) is 0 Å². The molecule has 5 heteroatoms. The van der Waals surface area contributed by atoms with Crippen LogP contribution in [0.4, 0.5) is 0 Å². The summed E-state index contributed by atoms with van der Waals surface area (Å²) in [6, 6.07) is 0. The topological polar surface area (TPSA) is 52.6 Å². The fourth-order valence-electron chi connectivity index (χ4n) is 8.56. The Hall–Kier alpha value is -0.683. The van der Waals surface area contributed by atoms with E-state index >= 15 is 0 Å². The van der Waals surface area contributed by atoms with Crippen LogP contribution < -0.4 is 0 Å². The van der Waals surface area contributed by atoms with E-state index in [0.29, 0.717) is 36.2 Å². The minimum atomic E-state index is -1.77. The van der Waals surface area contributed by atoms with Gasteiger partial charge in [0.1, 0.15) is 5.78 Å². The van der Waals surface area contributed by atoms with Crippen LogP contribution in [0, 0.1) is 40.4 Å². The molecule has 4 nitrogen and oxygen atoms in total. The van der Waals surface area contributed by atoms with Crippen LogP contribution >= 0.6 is 0 Å². The van der Waals surface area contributed by atoms with Crippen LogP contribution in [0.1, 0.15) is 126 Å². The third-order valence-corrected chi connectivity index (χ3v) is 16.6. The lowest BCUT2D eigenvalue weighted by Gasteiger charge is -2.59. The standard InChI is InChI=1S/C33H60O4Si/c1-11-12-13-23(2)28(18-21-36-24(3)34)33(8)20-17-29-27(30(33)35)15-14-25-22-26(16-19-32(25,29)7)37-38(9,10)31(4,5)6/h23,25-29H,11-22H2,1-10H3/t23-,25+,26+,27-,28-,29+,32+,33-/m1/s1. The molecule has 0 amide bonds. The van der Waals surface area contributed by atoms with Crippen LogP contribution in [0.15, 0.2) is 0 Å². The molecule has 8 atom stereocenters. The number of rotatable bonds is 10. The first-order chi connectivity index (χ1) is 17.6. The van der Waals surface area contributed by atoms with Crippen molar-refractivity contribution >= 4 is 20.1 Å². The average Bonchev–Trinajstić information content (AvgIpc) is 2.81. The van der Waals surface area contributed by atoms with Gasteiger partial charge in [0, 0.05) is 24.4 Å². The monoisotopic (exact) mass is 548 g/mol. The molecule has 3 saturated carbocycles. The van der Waals surface area contributed by atoms with Crippen molar-refractivity contribution in [3.8, 4) is 0 Å². The number of carbonyl (C=O) groups is 2. The highest BCUT2D eigenvalue weighted by atomic mass is 28.4. The number of carbonyl (C=O) groups excluding carboxylic acids is 2. The van der Waals surface area contributed by atoms with Crippen molar-refractivity contribution in [3.05, 3.63) is 0 Å². The number of Topliss-reactive ketones (excluding diaryl/α,β-unsaturated/α-hetero) is 1. The van der Waals surface area contributed by atoms with Crippen LogP contribution in [0.3, 0.4) is 0 Å². The second kappa shape index (κ2) is 12.0. The van der Waals surface area contributed by atoms with E-state index in [-0.39, 0.29) is 33.7 Å². The largest absolute Gasteiger partial charge is 0.466 e. The first-order valence-electron chi connectivity index (χ1n) is 15.9. The van der Waals surface area contributed by atoms with Gasteiger partial charge in [0.2, 0.25) is 0 Å². The molecule has 3 aliphatic carbocycles. The second-order valence-corrected chi connectivity index (χ2v) is 20.2. The molecular formula is C33H60O4Si. The molecule has 0 spiro atoms. The smallest absolute Gasteiger partial charge is 0.302 e. The van der Waals surface area contributed by atoms with Gasteiger partial charge in [0.25, 0.3) is 0 Å². The summed E-state index contributed by atoms with van der Waals surface area (Å²) in [5.74, 6) is 2.44.